The number of carbonyl (C=O) groups is 4. The average molecular weight is 1420 g/mol. The van der Waals surface area contributed by atoms with E-state index in [4.69, 9.17) is 37.0 Å². The fourth-order valence-electron chi connectivity index (χ4n) is 12.0. The monoisotopic (exact) mass is 1420 g/mol. The minimum Gasteiger partial charge on any atom is -0.462 e. The van der Waals surface area contributed by atoms with Gasteiger partial charge in [0.1, 0.15) is 19.3 Å². The maximum Gasteiger partial charge on any atom is 0.472 e. The maximum atomic E-state index is 13.1. The minimum atomic E-state index is -4.96. The zero-order valence-electron chi connectivity index (χ0n) is 63.4. The third-order valence-corrected chi connectivity index (χ3v) is 20.1. The SMILES string of the molecule is CCCCCCCCCCCCCCCCCCCCC(=O)O[C@H](COC(=O)CCCCCCCCCCCCCCC(C)C)COP(=O)(O)OC[C@@H](O)COP(=O)(O)OC[C@@H](COC(=O)CCCCCCCCCCCCCC)OC(=O)CCCCCCCCCCCC(C)C. The lowest BCUT2D eigenvalue weighted by Gasteiger charge is -2.21. The molecule has 5 atom stereocenters. The zero-order chi connectivity index (χ0) is 71.4. The third kappa shape index (κ3) is 72.2. The fraction of sp³-hybridized carbons (Fsp3) is 0.949. The van der Waals surface area contributed by atoms with Crippen LogP contribution >= 0.6 is 15.6 Å². The Morgan fingerprint density at radius 2 is 0.474 bits per heavy atom. The van der Waals surface area contributed by atoms with E-state index in [1.807, 2.05) is 0 Å². The van der Waals surface area contributed by atoms with Crippen molar-refractivity contribution in [3.05, 3.63) is 0 Å². The van der Waals surface area contributed by atoms with Crippen LogP contribution in [0, 0.1) is 11.8 Å². The van der Waals surface area contributed by atoms with Gasteiger partial charge in [0.05, 0.1) is 26.4 Å². The van der Waals surface area contributed by atoms with Gasteiger partial charge >= 0.3 is 39.5 Å². The molecule has 0 aliphatic rings. The smallest absolute Gasteiger partial charge is 0.462 e. The Morgan fingerprint density at radius 1 is 0.278 bits per heavy atom. The van der Waals surface area contributed by atoms with Gasteiger partial charge in [-0.2, -0.15) is 0 Å². The summed E-state index contributed by atoms with van der Waals surface area (Å²) in [6, 6.07) is 0. The van der Waals surface area contributed by atoms with E-state index in [0.29, 0.717) is 25.7 Å². The van der Waals surface area contributed by atoms with Crippen LogP contribution < -0.4 is 0 Å². The van der Waals surface area contributed by atoms with Crippen molar-refractivity contribution in [2.24, 2.45) is 11.8 Å². The van der Waals surface area contributed by atoms with Crippen LogP contribution in [0.3, 0.4) is 0 Å². The number of aliphatic hydroxyl groups is 1. The number of carbonyl (C=O) groups excluding carboxylic acids is 4. The second kappa shape index (κ2) is 69.8. The van der Waals surface area contributed by atoms with Gasteiger partial charge in [0.2, 0.25) is 0 Å². The summed E-state index contributed by atoms with van der Waals surface area (Å²) in [5, 5.41) is 10.6. The summed E-state index contributed by atoms with van der Waals surface area (Å²) in [6.45, 7) is 9.60. The number of aliphatic hydroxyl groups excluding tert-OH is 1. The Balaban J connectivity index is 5.25. The van der Waals surface area contributed by atoms with E-state index in [1.165, 1.54) is 225 Å². The van der Waals surface area contributed by atoms with E-state index >= 15 is 0 Å². The van der Waals surface area contributed by atoms with Crippen LogP contribution in [0.4, 0.5) is 0 Å². The molecule has 2 unspecified atom stereocenters. The van der Waals surface area contributed by atoms with Gasteiger partial charge in [-0.1, -0.05) is 356 Å². The molecule has 17 nitrogen and oxygen atoms in total. The third-order valence-electron chi connectivity index (χ3n) is 18.2. The Kier molecular flexibility index (Phi) is 68.4. The predicted molar refractivity (Wildman–Crippen MR) is 395 cm³/mol. The van der Waals surface area contributed by atoms with Crippen molar-refractivity contribution in [1.29, 1.82) is 0 Å². The van der Waals surface area contributed by atoms with Crippen molar-refractivity contribution in [3.63, 3.8) is 0 Å². The van der Waals surface area contributed by atoms with Gasteiger partial charge in [-0.3, -0.25) is 37.3 Å². The highest BCUT2D eigenvalue weighted by atomic mass is 31.2. The number of rotatable bonds is 77. The van der Waals surface area contributed by atoms with Crippen molar-refractivity contribution in [2.75, 3.05) is 39.6 Å². The molecular weight excluding hydrogens is 1270 g/mol. The number of hydrogen-bond donors (Lipinski definition) is 3. The molecule has 19 heteroatoms. The Hall–Kier alpha value is -1.94. The van der Waals surface area contributed by atoms with Crippen LogP contribution in [0.1, 0.15) is 408 Å². The van der Waals surface area contributed by atoms with Gasteiger partial charge in [-0.05, 0) is 37.5 Å². The summed E-state index contributed by atoms with van der Waals surface area (Å²) in [5.74, 6) is -0.593. The molecule has 3 N–H and O–H groups in total. The summed E-state index contributed by atoms with van der Waals surface area (Å²) >= 11 is 0. The number of ether oxygens (including phenoxy) is 4. The number of unbranched alkanes of at least 4 members (excludes halogenated alkanes) is 47. The summed E-state index contributed by atoms with van der Waals surface area (Å²) in [6.07, 6.45) is 58.2. The highest BCUT2D eigenvalue weighted by Crippen LogP contribution is 2.45. The van der Waals surface area contributed by atoms with Gasteiger partial charge in [0, 0.05) is 25.7 Å². The first-order valence-electron chi connectivity index (χ1n) is 40.5. The minimum absolute atomic E-state index is 0.106. The van der Waals surface area contributed by atoms with Crippen LogP contribution in [0.5, 0.6) is 0 Å². The fourth-order valence-corrected chi connectivity index (χ4v) is 13.6. The standard InChI is InChI=1S/C78H152O17P2/c1-7-9-11-13-15-17-19-21-22-23-24-25-26-32-38-44-50-56-62-77(82)94-73(66-89-76(81)61-55-49-43-37-31-28-27-29-34-40-46-52-58-70(3)4)68-92-96(84,85)90-64-72(79)65-91-97(86,87)93-69-74(95-78(83)63-57-51-45-39-33-35-41-47-53-59-71(5)6)67-88-75(80)60-54-48-42-36-30-20-18-16-14-12-10-8-2/h70-74,79H,7-69H2,1-6H3,(H,84,85)(H,86,87)/t72-,73-,74-/m1/s1. The van der Waals surface area contributed by atoms with Gasteiger partial charge in [0.25, 0.3) is 0 Å². The van der Waals surface area contributed by atoms with E-state index in [-0.39, 0.29) is 25.7 Å². The van der Waals surface area contributed by atoms with E-state index < -0.39 is 97.5 Å². The molecule has 0 aromatic heterocycles. The normalized spacial score (nSPS) is 14.0. The zero-order valence-corrected chi connectivity index (χ0v) is 65.2. The molecule has 0 aliphatic carbocycles. The molecule has 0 saturated carbocycles. The first-order chi connectivity index (χ1) is 46.9. The van der Waals surface area contributed by atoms with Crippen LogP contribution in [0.15, 0.2) is 0 Å². The molecule has 0 radical (unpaired) electrons. The van der Waals surface area contributed by atoms with Crippen LogP contribution in [-0.2, 0) is 65.4 Å². The number of esters is 4. The largest absolute Gasteiger partial charge is 0.472 e. The molecule has 0 saturated heterocycles. The molecule has 0 aromatic carbocycles. The Bertz CT molecular complexity index is 1870. The number of phosphoric ester groups is 2. The van der Waals surface area contributed by atoms with E-state index in [1.54, 1.807) is 0 Å². The summed E-state index contributed by atoms with van der Waals surface area (Å²) in [5.41, 5.74) is 0. The molecule has 0 aliphatic heterocycles. The quantitative estimate of drug-likeness (QED) is 0.0222. The second-order valence-electron chi connectivity index (χ2n) is 29.1. The van der Waals surface area contributed by atoms with Crippen molar-refractivity contribution in [3.8, 4) is 0 Å². The van der Waals surface area contributed by atoms with E-state index in [0.717, 1.165) is 102 Å². The van der Waals surface area contributed by atoms with Crippen molar-refractivity contribution < 1.29 is 80.2 Å². The van der Waals surface area contributed by atoms with Crippen molar-refractivity contribution in [1.82, 2.24) is 0 Å². The summed E-state index contributed by atoms with van der Waals surface area (Å²) in [7, 11) is -9.91. The topological polar surface area (TPSA) is 237 Å². The van der Waals surface area contributed by atoms with E-state index in [2.05, 4.69) is 41.5 Å². The molecule has 0 amide bonds. The van der Waals surface area contributed by atoms with Gasteiger partial charge in [-0.25, -0.2) is 9.13 Å². The highest BCUT2D eigenvalue weighted by Gasteiger charge is 2.30. The summed E-state index contributed by atoms with van der Waals surface area (Å²) < 4.78 is 68.6. The highest BCUT2D eigenvalue weighted by molar-refractivity contribution is 7.47. The lowest BCUT2D eigenvalue weighted by molar-refractivity contribution is -0.161. The van der Waals surface area contributed by atoms with Crippen molar-refractivity contribution in [2.45, 2.75) is 426 Å². The Morgan fingerprint density at radius 3 is 0.701 bits per heavy atom. The molecule has 97 heavy (non-hydrogen) atoms. The van der Waals surface area contributed by atoms with E-state index in [9.17, 15) is 43.2 Å². The van der Waals surface area contributed by atoms with Crippen LogP contribution in [0.25, 0.3) is 0 Å². The number of phosphoric acid groups is 2. The summed E-state index contributed by atoms with van der Waals surface area (Å²) in [4.78, 5) is 72.9. The molecule has 0 heterocycles. The maximum absolute atomic E-state index is 13.1. The molecule has 0 bridgehead atoms. The molecule has 0 spiro atoms. The number of hydrogen-bond acceptors (Lipinski definition) is 15. The van der Waals surface area contributed by atoms with Gasteiger partial charge < -0.3 is 33.8 Å². The predicted octanol–water partition coefficient (Wildman–Crippen LogP) is 23.1. The van der Waals surface area contributed by atoms with Crippen LogP contribution in [-0.4, -0.2) is 96.7 Å². The first kappa shape index (κ1) is 95.1. The molecule has 0 aromatic rings. The lowest BCUT2D eigenvalue weighted by Crippen LogP contribution is -2.30. The average Bonchev–Trinajstić information content (AvgIpc) is 1.10. The molecule has 0 fully saturated rings. The lowest BCUT2D eigenvalue weighted by atomic mass is 10.0. The molecule has 576 valence electrons. The first-order valence-corrected chi connectivity index (χ1v) is 43.5. The van der Waals surface area contributed by atoms with Crippen LogP contribution in [0.2, 0.25) is 0 Å². The molecule has 0 rings (SSSR count). The van der Waals surface area contributed by atoms with Crippen molar-refractivity contribution >= 4 is 39.5 Å². The van der Waals surface area contributed by atoms with Gasteiger partial charge in [0.15, 0.2) is 12.2 Å². The second-order valence-corrected chi connectivity index (χ2v) is 32.0. The molecular formula is C78H152O17P2. The Labute approximate surface area is 594 Å². The van der Waals surface area contributed by atoms with Gasteiger partial charge in [-0.15, -0.1) is 0 Å².